The van der Waals surface area contributed by atoms with E-state index < -0.39 is 0 Å². The van der Waals surface area contributed by atoms with E-state index in [9.17, 15) is 0 Å². The number of para-hydroxylation sites is 3. The summed E-state index contributed by atoms with van der Waals surface area (Å²) in [5, 5.41) is 5.27. The molecule has 254 valence electrons. The second kappa shape index (κ2) is 12.1. The van der Waals surface area contributed by atoms with E-state index in [1.807, 2.05) is 42.5 Å². The summed E-state index contributed by atoms with van der Waals surface area (Å²) >= 11 is 0. The van der Waals surface area contributed by atoms with Crippen LogP contribution in [-0.4, -0.2) is 0 Å². The predicted octanol–water partition coefficient (Wildman–Crippen LogP) is 14.7. The second-order valence-corrected chi connectivity index (χ2v) is 13.7. The van der Waals surface area contributed by atoms with Crippen LogP contribution in [0.15, 0.2) is 201 Å². The largest absolute Gasteiger partial charge is 0.456 e. The second-order valence-electron chi connectivity index (χ2n) is 13.7. The highest BCUT2D eigenvalue weighted by Gasteiger charge is 2.22. The molecular formula is C50H31NO3. The van der Waals surface area contributed by atoms with Gasteiger partial charge in [-0.25, -0.2) is 0 Å². The summed E-state index contributed by atoms with van der Waals surface area (Å²) in [5.74, 6) is 0.832. The van der Waals surface area contributed by atoms with Gasteiger partial charge >= 0.3 is 0 Å². The fourth-order valence-electron chi connectivity index (χ4n) is 7.95. The van der Waals surface area contributed by atoms with Crippen molar-refractivity contribution in [3.05, 3.63) is 188 Å². The highest BCUT2D eigenvalue weighted by molar-refractivity contribution is 6.21. The van der Waals surface area contributed by atoms with Gasteiger partial charge in [-0.2, -0.15) is 0 Å². The molecule has 4 nitrogen and oxygen atoms in total. The van der Waals surface area contributed by atoms with Crippen LogP contribution in [0.25, 0.3) is 88.4 Å². The number of rotatable bonds is 6. The molecule has 4 heteroatoms. The van der Waals surface area contributed by atoms with Crippen molar-refractivity contribution in [1.82, 2.24) is 0 Å². The molecule has 0 aliphatic heterocycles. The fraction of sp³-hybridized carbons (Fsp3) is 0. The molecule has 0 spiro atoms. The zero-order valence-corrected chi connectivity index (χ0v) is 29.1. The van der Waals surface area contributed by atoms with Gasteiger partial charge in [0.1, 0.15) is 33.7 Å². The average Bonchev–Trinajstić information content (AvgIpc) is 3.95. The van der Waals surface area contributed by atoms with Gasteiger partial charge in [-0.1, -0.05) is 127 Å². The molecule has 0 radical (unpaired) electrons. The number of anilines is 3. The van der Waals surface area contributed by atoms with Crippen LogP contribution in [0.3, 0.4) is 0 Å². The van der Waals surface area contributed by atoms with Gasteiger partial charge in [0.15, 0.2) is 0 Å². The van der Waals surface area contributed by atoms with Crippen LogP contribution in [0.5, 0.6) is 0 Å². The van der Waals surface area contributed by atoms with Crippen LogP contribution in [-0.2, 0) is 0 Å². The molecule has 0 amide bonds. The van der Waals surface area contributed by atoms with Crippen LogP contribution in [0, 0.1) is 0 Å². The van der Waals surface area contributed by atoms with E-state index >= 15 is 0 Å². The maximum Gasteiger partial charge on any atom is 0.147 e. The SMILES string of the molecule is c1ccc(-c2cc3cc(-c4ccc(N(c5ccc6c(c5)oc5ccccc56)c5ccccc5-c5ccccc5)cc4)c4oc5ccccc5c4c3o2)cc1. The molecule has 0 aliphatic rings. The monoisotopic (exact) mass is 693 g/mol. The standard InChI is InChI=1S/C50H31NO3/c1-3-13-32(14-4-1)38-17-7-10-20-43(38)51(37-27-28-40-39-18-8-11-21-44(39)52-47(40)31-37)36-25-23-33(24-26-36)42-29-35-30-46(34-15-5-2-6-16-34)54-49(35)48-41-19-9-12-22-45(41)53-50(42)48/h1-31H. The van der Waals surface area contributed by atoms with Crippen molar-refractivity contribution >= 4 is 71.9 Å². The Balaban J connectivity index is 1.09. The molecule has 8 aromatic carbocycles. The third kappa shape index (κ3) is 4.85. The first-order valence-corrected chi connectivity index (χ1v) is 18.2. The van der Waals surface area contributed by atoms with Crippen molar-refractivity contribution < 1.29 is 13.3 Å². The maximum atomic E-state index is 6.63. The Morgan fingerprint density at radius 2 is 0.963 bits per heavy atom. The molecule has 0 saturated carbocycles. The van der Waals surface area contributed by atoms with Gasteiger partial charge in [-0.3, -0.25) is 0 Å². The van der Waals surface area contributed by atoms with Gasteiger partial charge in [0.05, 0.1) is 11.1 Å². The van der Waals surface area contributed by atoms with E-state index in [0.717, 1.165) is 105 Å². The summed E-state index contributed by atoms with van der Waals surface area (Å²) in [6, 6.07) is 65.4. The Bertz CT molecular complexity index is 3150. The molecule has 0 N–H and O–H groups in total. The Morgan fingerprint density at radius 3 is 1.76 bits per heavy atom. The van der Waals surface area contributed by atoms with Gasteiger partial charge in [0, 0.05) is 55.7 Å². The molecule has 0 fully saturated rings. The minimum absolute atomic E-state index is 0.812. The molecule has 0 saturated heterocycles. The zero-order chi connectivity index (χ0) is 35.6. The van der Waals surface area contributed by atoms with Gasteiger partial charge in [0.25, 0.3) is 0 Å². The molecular weight excluding hydrogens is 663 g/mol. The molecule has 0 bridgehead atoms. The lowest BCUT2D eigenvalue weighted by Gasteiger charge is -2.28. The molecule has 0 atom stereocenters. The van der Waals surface area contributed by atoms with Gasteiger partial charge in [-0.05, 0) is 65.7 Å². The summed E-state index contributed by atoms with van der Waals surface area (Å²) in [6.07, 6.45) is 0. The summed E-state index contributed by atoms with van der Waals surface area (Å²) in [5.41, 5.74) is 12.7. The van der Waals surface area contributed by atoms with Crippen molar-refractivity contribution in [2.45, 2.75) is 0 Å². The number of fused-ring (bicyclic) bond motifs is 8. The van der Waals surface area contributed by atoms with Crippen LogP contribution >= 0.6 is 0 Å². The summed E-state index contributed by atoms with van der Waals surface area (Å²) in [7, 11) is 0. The van der Waals surface area contributed by atoms with E-state index in [2.05, 4.69) is 150 Å². The lowest BCUT2D eigenvalue weighted by molar-refractivity contribution is 0.633. The molecule has 11 aromatic rings. The predicted molar refractivity (Wildman–Crippen MR) is 222 cm³/mol. The Labute approximate surface area is 310 Å². The van der Waals surface area contributed by atoms with Crippen molar-refractivity contribution in [2.24, 2.45) is 0 Å². The zero-order valence-electron chi connectivity index (χ0n) is 29.1. The van der Waals surface area contributed by atoms with E-state index in [4.69, 9.17) is 13.3 Å². The lowest BCUT2D eigenvalue weighted by Crippen LogP contribution is -2.11. The Morgan fingerprint density at radius 1 is 0.352 bits per heavy atom. The van der Waals surface area contributed by atoms with E-state index in [0.29, 0.717) is 0 Å². The summed E-state index contributed by atoms with van der Waals surface area (Å²) < 4.78 is 19.6. The molecule has 0 unspecified atom stereocenters. The number of nitrogens with zero attached hydrogens (tertiary/aromatic N) is 1. The third-order valence-electron chi connectivity index (χ3n) is 10.5. The van der Waals surface area contributed by atoms with Crippen LogP contribution in [0.1, 0.15) is 0 Å². The van der Waals surface area contributed by atoms with Crippen LogP contribution in [0.2, 0.25) is 0 Å². The Hall–Kier alpha value is -7.30. The van der Waals surface area contributed by atoms with Gasteiger partial charge in [-0.15, -0.1) is 0 Å². The first-order valence-electron chi connectivity index (χ1n) is 18.2. The number of hydrogen-bond donors (Lipinski definition) is 0. The quantitative estimate of drug-likeness (QED) is 0.174. The van der Waals surface area contributed by atoms with Crippen LogP contribution < -0.4 is 4.90 Å². The van der Waals surface area contributed by atoms with Crippen molar-refractivity contribution in [1.29, 1.82) is 0 Å². The number of hydrogen-bond acceptors (Lipinski definition) is 4. The van der Waals surface area contributed by atoms with Crippen LogP contribution in [0.4, 0.5) is 17.1 Å². The molecule has 3 heterocycles. The normalized spacial score (nSPS) is 11.7. The minimum Gasteiger partial charge on any atom is -0.456 e. The summed E-state index contributed by atoms with van der Waals surface area (Å²) in [6.45, 7) is 0. The molecule has 0 aliphatic carbocycles. The van der Waals surface area contributed by atoms with E-state index in [1.165, 1.54) is 0 Å². The van der Waals surface area contributed by atoms with Crippen molar-refractivity contribution in [3.8, 4) is 33.6 Å². The average molecular weight is 694 g/mol. The Kier molecular flexibility index (Phi) is 6.82. The third-order valence-corrected chi connectivity index (χ3v) is 10.5. The fourth-order valence-corrected chi connectivity index (χ4v) is 7.95. The van der Waals surface area contributed by atoms with Crippen molar-refractivity contribution in [3.63, 3.8) is 0 Å². The minimum atomic E-state index is 0.812. The first-order chi connectivity index (χ1) is 26.8. The number of benzene rings is 8. The van der Waals surface area contributed by atoms with E-state index in [-0.39, 0.29) is 0 Å². The maximum absolute atomic E-state index is 6.63. The smallest absolute Gasteiger partial charge is 0.147 e. The molecule has 3 aromatic heterocycles. The number of furan rings is 3. The van der Waals surface area contributed by atoms with E-state index in [1.54, 1.807) is 0 Å². The van der Waals surface area contributed by atoms with Gasteiger partial charge in [0.2, 0.25) is 0 Å². The van der Waals surface area contributed by atoms with Gasteiger partial charge < -0.3 is 18.2 Å². The highest BCUT2D eigenvalue weighted by atomic mass is 16.3. The lowest BCUT2D eigenvalue weighted by atomic mass is 9.98. The molecule has 11 rings (SSSR count). The van der Waals surface area contributed by atoms with Crippen molar-refractivity contribution in [2.75, 3.05) is 4.90 Å². The topological polar surface area (TPSA) is 42.7 Å². The first kappa shape index (κ1) is 30.3. The molecule has 54 heavy (non-hydrogen) atoms. The highest BCUT2D eigenvalue weighted by Crippen LogP contribution is 2.46. The summed E-state index contributed by atoms with van der Waals surface area (Å²) in [4.78, 5) is 2.32.